The van der Waals surface area contributed by atoms with Crippen molar-refractivity contribution in [3.05, 3.63) is 81.8 Å². The molecule has 0 bridgehead atoms. The number of carbonyl (C=O) groups excluding carboxylic acids is 2. The monoisotopic (exact) mass is 481 g/mol. The van der Waals surface area contributed by atoms with Gasteiger partial charge in [0.1, 0.15) is 23.9 Å². The first-order valence-corrected chi connectivity index (χ1v) is 11.5. The molecule has 3 aromatic rings. The Morgan fingerprint density at radius 1 is 1.15 bits per heavy atom. The minimum absolute atomic E-state index is 0.0898. The number of rotatable bonds is 7. The summed E-state index contributed by atoms with van der Waals surface area (Å²) in [5, 5.41) is 7.96. The van der Waals surface area contributed by atoms with E-state index in [1.54, 1.807) is 32.4 Å². The van der Waals surface area contributed by atoms with E-state index in [1.807, 2.05) is 23.6 Å². The highest BCUT2D eigenvalue weighted by Crippen LogP contribution is 2.39. The van der Waals surface area contributed by atoms with Crippen molar-refractivity contribution in [1.82, 2.24) is 9.91 Å². The highest BCUT2D eigenvalue weighted by Gasteiger charge is 2.36. The van der Waals surface area contributed by atoms with Gasteiger partial charge in [-0.05, 0) is 41.8 Å². The second kappa shape index (κ2) is 10.0. The normalized spacial score (nSPS) is 15.1. The van der Waals surface area contributed by atoms with E-state index in [1.165, 1.54) is 46.5 Å². The predicted octanol–water partition coefficient (Wildman–Crippen LogP) is 4.35. The third-order valence-electron chi connectivity index (χ3n) is 5.59. The maximum absolute atomic E-state index is 14.1. The molecule has 2 heterocycles. The molecule has 0 aliphatic carbocycles. The molecule has 2 amide bonds. The first-order valence-electron chi connectivity index (χ1n) is 10.6. The van der Waals surface area contributed by atoms with Gasteiger partial charge >= 0.3 is 0 Å². The highest BCUT2D eigenvalue weighted by molar-refractivity contribution is 7.12. The van der Waals surface area contributed by atoms with Gasteiger partial charge in [-0.15, -0.1) is 11.3 Å². The van der Waals surface area contributed by atoms with Crippen LogP contribution in [0.4, 0.5) is 4.39 Å². The van der Waals surface area contributed by atoms with Gasteiger partial charge in [0, 0.05) is 19.0 Å². The van der Waals surface area contributed by atoms with Crippen LogP contribution in [0.1, 0.15) is 33.3 Å². The molecule has 9 heteroatoms. The van der Waals surface area contributed by atoms with Crippen LogP contribution in [0, 0.1) is 5.82 Å². The van der Waals surface area contributed by atoms with Crippen molar-refractivity contribution in [2.45, 2.75) is 12.5 Å². The van der Waals surface area contributed by atoms with Crippen molar-refractivity contribution < 1.29 is 23.5 Å². The van der Waals surface area contributed by atoms with E-state index < -0.39 is 23.7 Å². The van der Waals surface area contributed by atoms with Gasteiger partial charge in [0.2, 0.25) is 0 Å². The second-order valence-corrected chi connectivity index (χ2v) is 8.68. The van der Waals surface area contributed by atoms with Gasteiger partial charge in [0.15, 0.2) is 0 Å². The fourth-order valence-electron chi connectivity index (χ4n) is 3.86. The summed E-state index contributed by atoms with van der Waals surface area (Å²) in [6, 6.07) is 14.5. The summed E-state index contributed by atoms with van der Waals surface area (Å²) >= 11 is 1.54. The van der Waals surface area contributed by atoms with Crippen LogP contribution in [0.5, 0.6) is 11.5 Å². The van der Waals surface area contributed by atoms with Crippen molar-refractivity contribution in [1.29, 1.82) is 0 Å². The molecule has 0 N–H and O–H groups in total. The average Bonchev–Trinajstić information content (AvgIpc) is 3.53. The van der Waals surface area contributed by atoms with E-state index in [0.29, 0.717) is 17.9 Å². The number of thiophene rings is 1. The number of hydrogen-bond donors (Lipinski definition) is 0. The molecule has 1 atom stereocenters. The minimum atomic E-state index is -0.634. The first-order chi connectivity index (χ1) is 16.4. The Morgan fingerprint density at radius 2 is 1.94 bits per heavy atom. The Morgan fingerprint density at radius 3 is 2.62 bits per heavy atom. The molecule has 1 aliphatic heterocycles. The number of ether oxygens (including phenoxy) is 2. The molecule has 4 rings (SSSR count). The van der Waals surface area contributed by atoms with Gasteiger partial charge in [-0.25, -0.2) is 9.40 Å². The maximum atomic E-state index is 14.1. The molecule has 0 spiro atoms. The minimum Gasteiger partial charge on any atom is -0.497 e. The predicted molar refractivity (Wildman–Crippen MR) is 128 cm³/mol. The molecule has 1 unspecified atom stereocenters. The number of methoxy groups -OCH3 is 2. The van der Waals surface area contributed by atoms with E-state index >= 15 is 0 Å². The summed E-state index contributed by atoms with van der Waals surface area (Å²) in [5.41, 5.74) is 1.42. The smallest absolute Gasteiger partial charge is 0.262 e. The van der Waals surface area contributed by atoms with Crippen LogP contribution in [0.2, 0.25) is 0 Å². The number of hydrogen-bond acceptors (Lipinski definition) is 6. The molecule has 2 aromatic carbocycles. The molecular formula is C25H24FN3O4S. The summed E-state index contributed by atoms with van der Waals surface area (Å²) in [6.45, 7) is -0.267. The molecule has 1 aromatic heterocycles. The fraction of sp³-hybridized carbons (Fsp3) is 0.240. The van der Waals surface area contributed by atoms with E-state index in [0.717, 1.165) is 16.2 Å². The molecular weight excluding hydrogens is 457 g/mol. The van der Waals surface area contributed by atoms with Crippen molar-refractivity contribution in [3.63, 3.8) is 0 Å². The third kappa shape index (κ3) is 4.65. The number of carbonyl (C=O) groups is 2. The molecule has 34 heavy (non-hydrogen) atoms. The fourth-order valence-corrected chi connectivity index (χ4v) is 4.58. The van der Waals surface area contributed by atoms with Gasteiger partial charge in [-0.2, -0.15) is 5.10 Å². The van der Waals surface area contributed by atoms with E-state index in [-0.39, 0.29) is 12.1 Å². The molecule has 176 valence electrons. The molecule has 1 aliphatic rings. The summed E-state index contributed by atoms with van der Waals surface area (Å²) in [6.07, 6.45) is 0.473. The number of amides is 2. The maximum Gasteiger partial charge on any atom is 0.262 e. The van der Waals surface area contributed by atoms with E-state index in [2.05, 4.69) is 5.10 Å². The first kappa shape index (κ1) is 23.4. The van der Waals surface area contributed by atoms with Crippen LogP contribution < -0.4 is 9.47 Å². The van der Waals surface area contributed by atoms with E-state index in [4.69, 9.17) is 9.47 Å². The summed E-state index contributed by atoms with van der Waals surface area (Å²) in [7, 11) is 4.60. The number of halogens is 1. The largest absolute Gasteiger partial charge is 0.497 e. The van der Waals surface area contributed by atoms with Crippen LogP contribution in [0.25, 0.3) is 0 Å². The van der Waals surface area contributed by atoms with Gasteiger partial charge in [0.25, 0.3) is 11.8 Å². The van der Waals surface area contributed by atoms with Crippen LogP contribution in [-0.4, -0.2) is 55.2 Å². The average molecular weight is 482 g/mol. The molecule has 0 fully saturated rings. The number of likely N-dealkylation sites (N-methyl/N-ethyl adjacent to an activating group) is 1. The molecule has 0 saturated heterocycles. The van der Waals surface area contributed by atoms with Gasteiger partial charge in [-0.3, -0.25) is 9.59 Å². The zero-order valence-electron chi connectivity index (χ0n) is 19.0. The lowest BCUT2D eigenvalue weighted by Gasteiger charge is -2.26. The van der Waals surface area contributed by atoms with Gasteiger partial charge in [-0.1, -0.05) is 18.2 Å². The molecule has 7 nitrogen and oxygen atoms in total. The Labute approximate surface area is 201 Å². The van der Waals surface area contributed by atoms with Crippen LogP contribution in [-0.2, 0) is 4.79 Å². The summed E-state index contributed by atoms with van der Waals surface area (Å²) < 4.78 is 25.0. The Hall–Kier alpha value is -3.72. The number of nitrogens with zero attached hydrogens (tertiary/aromatic N) is 3. The number of benzene rings is 2. The molecule has 0 saturated carbocycles. The second-order valence-electron chi connectivity index (χ2n) is 7.73. The van der Waals surface area contributed by atoms with Gasteiger partial charge < -0.3 is 14.4 Å². The van der Waals surface area contributed by atoms with Crippen molar-refractivity contribution >= 4 is 28.9 Å². The zero-order chi connectivity index (χ0) is 24.2. The summed E-state index contributed by atoms with van der Waals surface area (Å²) in [4.78, 5) is 28.3. The van der Waals surface area contributed by atoms with Crippen molar-refractivity contribution in [2.75, 3.05) is 27.8 Å². The quantitative estimate of drug-likeness (QED) is 0.503. The molecule has 0 radical (unpaired) electrons. The lowest BCUT2D eigenvalue weighted by molar-refractivity contribution is -0.133. The van der Waals surface area contributed by atoms with Crippen LogP contribution in [0.15, 0.2) is 65.1 Å². The third-order valence-corrected chi connectivity index (χ3v) is 6.51. The lowest BCUT2D eigenvalue weighted by Crippen LogP contribution is -2.39. The lowest BCUT2D eigenvalue weighted by atomic mass is 9.99. The summed E-state index contributed by atoms with van der Waals surface area (Å²) in [5.74, 6) is -0.385. The Bertz CT molecular complexity index is 1230. The standard InChI is InChI=1S/C25H24FN3O4S/c1-28(25(31)17-7-4-5-8-19(17)26)15-24(30)29-21(14-20(27-29)23-9-6-12-34-23)18-13-16(32-2)10-11-22(18)33-3/h4-13,21H,14-15H2,1-3H3. The number of hydrazone groups is 1. The van der Waals surface area contributed by atoms with Crippen molar-refractivity contribution in [3.8, 4) is 11.5 Å². The van der Waals surface area contributed by atoms with Crippen LogP contribution in [0.3, 0.4) is 0 Å². The van der Waals surface area contributed by atoms with Crippen LogP contribution >= 0.6 is 11.3 Å². The van der Waals surface area contributed by atoms with E-state index in [9.17, 15) is 14.0 Å². The Kier molecular flexibility index (Phi) is 6.93. The zero-order valence-corrected chi connectivity index (χ0v) is 19.8. The van der Waals surface area contributed by atoms with Crippen molar-refractivity contribution in [2.24, 2.45) is 5.10 Å². The Balaban J connectivity index is 1.64. The SMILES string of the molecule is COc1ccc(OC)c(C2CC(c3cccs3)=NN2C(=O)CN(C)C(=O)c2ccccc2F)c1. The van der Waals surface area contributed by atoms with Gasteiger partial charge in [0.05, 0.1) is 36.4 Å². The highest BCUT2D eigenvalue weighted by atomic mass is 32.1. The topological polar surface area (TPSA) is 71.4 Å².